The summed E-state index contributed by atoms with van der Waals surface area (Å²) in [6.07, 6.45) is 0.229. The van der Waals surface area contributed by atoms with Gasteiger partial charge in [-0.2, -0.15) is 0 Å². The van der Waals surface area contributed by atoms with Gasteiger partial charge in [-0.3, -0.25) is 14.5 Å². The van der Waals surface area contributed by atoms with Crippen LogP contribution < -0.4 is 10.5 Å². The van der Waals surface area contributed by atoms with Gasteiger partial charge in [0.15, 0.2) is 0 Å². The summed E-state index contributed by atoms with van der Waals surface area (Å²) in [5, 5.41) is 0. The molecular formula is C17H25N3O4. The monoisotopic (exact) mass is 335 g/mol. The summed E-state index contributed by atoms with van der Waals surface area (Å²) in [7, 11) is 3.13. The lowest BCUT2D eigenvalue weighted by atomic mass is 10.1. The normalized spacial score (nSPS) is 18.4. The van der Waals surface area contributed by atoms with Gasteiger partial charge >= 0.3 is 0 Å². The van der Waals surface area contributed by atoms with Crippen LogP contribution in [0.4, 0.5) is 0 Å². The molecule has 0 bridgehead atoms. The van der Waals surface area contributed by atoms with E-state index in [1.54, 1.807) is 12.0 Å². The molecule has 0 saturated carbocycles. The zero-order valence-corrected chi connectivity index (χ0v) is 14.2. The molecule has 2 N–H and O–H groups in total. The van der Waals surface area contributed by atoms with E-state index in [0.717, 1.165) is 11.3 Å². The van der Waals surface area contributed by atoms with E-state index in [2.05, 4.69) is 4.90 Å². The first kappa shape index (κ1) is 18.2. The highest BCUT2D eigenvalue weighted by Gasteiger charge is 2.30. The molecule has 1 unspecified atom stereocenters. The number of primary amides is 1. The predicted molar refractivity (Wildman–Crippen MR) is 89.5 cm³/mol. The van der Waals surface area contributed by atoms with Crippen molar-refractivity contribution in [3.63, 3.8) is 0 Å². The molecular weight excluding hydrogens is 310 g/mol. The first-order valence-corrected chi connectivity index (χ1v) is 7.95. The molecule has 0 radical (unpaired) electrons. The van der Waals surface area contributed by atoms with Crippen molar-refractivity contribution < 1.29 is 19.1 Å². The lowest BCUT2D eigenvalue weighted by Crippen LogP contribution is -2.55. The summed E-state index contributed by atoms with van der Waals surface area (Å²) in [6, 6.07) is 7.75. The Morgan fingerprint density at radius 1 is 1.21 bits per heavy atom. The molecule has 0 aliphatic carbocycles. The quantitative estimate of drug-likeness (QED) is 0.771. The van der Waals surface area contributed by atoms with Crippen LogP contribution in [-0.2, 0) is 20.9 Å². The minimum Gasteiger partial charge on any atom is -0.497 e. The summed E-state index contributed by atoms with van der Waals surface area (Å²) in [5.41, 5.74) is 6.51. The molecule has 1 aliphatic heterocycles. The van der Waals surface area contributed by atoms with Crippen molar-refractivity contribution in [3.8, 4) is 5.75 Å². The van der Waals surface area contributed by atoms with Crippen LogP contribution in [0, 0.1) is 0 Å². The molecule has 0 aromatic heterocycles. The molecule has 1 fully saturated rings. The minimum atomic E-state index is -0.360. The van der Waals surface area contributed by atoms with E-state index in [9.17, 15) is 9.59 Å². The summed E-state index contributed by atoms with van der Waals surface area (Å²) in [6.45, 7) is 2.56. The standard InChI is InChI=1S/C17H25N3O4/c1-23-12-17(22)20-8-7-19(14(11-20)9-16(18)21)10-13-3-5-15(24-2)6-4-13/h3-6,14H,7-12H2,1-2H3,(H2,18,21). The van der Waals surface area contributed by atoms with Crippen LogP contribution in [0.5, 0.6) is 5.75 Å². The van der Waals surface area contributed by atoms with Gasteiger partial charge in [0, 0.05) is 45.8 Å². The van der Waals surface area contributed by atoms with Crippen molar-refractivity contribution in [2.24, 2.45) is 5.73 Å². The van der Waals surface area contributed by atoms with Crippen molar-refractivity contribution in [2.75, 3.05) is 40.5 Å². The van der Waals surface area contributed by atoms with E-state index < -0.39 is 0 Å². The van der Waals surface area contributed by atoms with Gasteiger partial charge in [-0.05, 0) is 17.7 Å². The Kier molecular flexibility index (Phi) is 6.57. The second-order valence-electron chi connectivity index (χ2n) is 5.92. The molecule has 132 valence electrons. The Morgan fingerprint density at radius 3 is 2.50 bits per heavy atom. The van der Waals surface area contributed by atoms with Crippen LogP contribution in [0.15, 0.2) is 24.3 Å². The smallest absolute Gasteiger partial charge is 0.248 e. The van der Waals surface area contributed by atoms with Crippen LogP contribution in [0.25, 0.3) is 0 Å². The number of nitrogens with zero attached hydrogens (tertiary/aromatic N) is 2. The molecule has 2 amide bonds. The van der Waals surface area contributed by atoms with Crippen molar-refractivity contribution in [1.29, 1.82) is 0 Å². The number of carbonyl (C=O) groups excluding carboxylic acids is 2. The van der Waals surface area contributed by atoms with E-state index in [1.165, 1.54) is 7.11 Å². The highest BCUT2D eigenvalue weighted by Crippen LogP contribution is 2.18. The van der Waals surface area contributed by atoms with Crippen molar-refractivity contribution in [2.45, 2.75) is 19.0 Å². The number of ether oxygens (including phenoxy) is 2. The number of carbonyl (C=O) groups is 2. The fourth-order valence-corrected chi connectivity index (χ4v) is 2.93. The molecule has 1 heterocycles. The molecule has 24 heavy (non-hydrogen) atoms. The third-order valence-corrected chi connectivity index (χ3v) is 4.21. The summed E-state index contributed by atoms with van der Waals surface area (Å²) in [4.78, 5) is 27.4. The number of rotatable bonds is 7. The molecule has 1 aromatic carbocycles. The van der Waals surface area contributed by atoms with Gasteiger partial charge in [-0.1, -0.05) is 12.1 Å². The van der Waals surface area contributed by atoms with Gasteiger partial charge in [0.2, 0.25) is 11.8 Å². The second-order valence-corrected chi connectivity index (χ2v) is 5.92. The van der Waals surface area contributed by atoms with Gasteiger partial charge in [-0.25, -0.2) is 0 Å². The topological polar surface area (TPSA) is 85.1 Å². The zero-order valence-electron chi connectivity index (χ0n) is 14.2. The summed E-state index contributed by atoms with van der Waals surface area (Å²) >= 11 is 0. The molecule has 1 aliphatic rings. The van der Waals surface area contributed by atoms with E-state index in [1.807, 2.05) is 24.3 Å². The largest absolute Gasteiger partial charge is 0.497 e. The van der Waals surface area contributed by atoms with E-state index >= 15 is 0 Å². The highest BCUT2D eigenvalue weighted by atomic mass is 16.5. The van der Waals surface area contributed by atoms with Crippen LogP contribution in [0.3, 0.4) is 0 Å². The molecule has 7 heteroatoms. The van der Waals surface area contributed by atoms with Crippen LogP contribution >= 0.6 is 0 Å². The fourth-order valence-electron chi connectivity index (χ4n) is 2.93. The van der Waals surface area contributed by atoms with Gasteiger partial charge in [0.25, 0.3) is 0 Å². The molecule has 1 saturated heterocycles. The van der Waals surface area contributed by atoms with Crippen molar-refractivity contribution >= 4 is 11.8 Å². The van der Waals surface area contributed by atoms with Gasteiger partial charge in [0.05, 0.1) is 7.11 Å². The van der Waals surface area contributed by atoms with Gasteiger partial charge in [-0.15, -0.1) is 0 Å². The number of benzene rings is 1. The van der Waals surface area contributed by atoms with E-state index in [0.29, 0.717) is 26.2 Å². The predicted octanol–water partition coefficient (Wildman–Crippen LogP) is 0.230. The molecule has 1 atom stereocenters. The minimum absolute atomic E-state index is 0.0573. The van der Waals surface area contributed by atoms with Gasteiger partial charge < -0.3 is 20.1 Å². The van der Waals surface area contributed by atoms with Crippen LogP contribution in [-0.4, -0.2) is 68.1 Å². The lowest BCUT2D eigenvalue weighted by Gasteiger charge is -2.41. The average molecular weight is 335 g/mol. The third kappa shape index (κ3) is 4.94. The number of hydrogen-bond acceptors (Lipinski definition) is 5. The Morgan fingerprint density at radius 2 is 1.92 bits per heavy atom. The number of piperazine rings is 1. The number of hydrogen-bond donors (Lipinski definition) is 1. The Bertz CT molecular complexity index is 561. The zero-order chi connectivity index (χ0) is 17.5. The Balaban J connectivity index is 2.04. The number of amides is 2. The average Bonchev–Trinajstić information content (AvgIpc) is 2.57. The third-order valence-electron chi connectivity index (χ3n) is 4.21. The van der Waals surface area contributed by atoms with Crippen molar-refractivity contribution in [3.05, 3.63) is 29.8 Å². The second kappa shape index (κ2) is 8.65. The summed E-state index contributed by atoms with van der Waals surface area (Å²) < 4.78 is 10.1. The molecule has 1 aromatic rings. The van der Waals surface area contributed by atoms with Crippen LogP contribution in [0.1, 0.15) is 12.0 Å². The lowest BCUT2D eigenvalue weighted by molar-refractivity contribution is -0.139. The van der Waals surface area contributed by atoms with E-state index in [-0.39, 0.29) is 30.9 Å². The first-order valence-electron chi connectivity index (χ1n) is 7.95. The maximum Gasteiger partial charge on any atom is 0.248 e. The van der Waals surface area contributed by atoms with E-state index in [4.69, 9.17) is 15.2 Å². The number of methoxy groups -OCH3 is 2. The molecule has 7 nitrogen and oxygen atoms in total. The first-order chi connectivity index (χ1) is 11.5. The molecule has 2 rings (SSSR count). The highest BCUT2D eigenvalue weighted by molar-refractivity contribution is 5.78. The maximum atomic E-state index is 12.0. The maximum absolute atomic E-state index is 12.0. The van der Waals surface area contributed by atoms with Crippen molar-refractivity contribution in [1.82, 2.24) is 9.80 Å². The number of nitrogens with two attached hydrogens (primary N) is 1. The Hall–Kier alpha value is -2.12. The Labute approximate surface area is 142 Å². The fraction of sp³-hybridized carbons (Fsp3) is 0.529. The molecule has 0 spiro atoms. The van der Waals surface area contributed by atoms with Gasteiger partial charge in [0.1, 0.15) is 12.4 Å². The SMILES string of the molecule is COCC(=O)N1CCN(Cc2ccc(OC)cc2)C(CC(N)=O)C1. The summed E-state index contributed by atoms with van der Waals surface area (Å²) in [5.74, 6) is 0.388. The van der Waals surface area contributed by atoms with Crippen LogP contribution in [0.2, 0.25) is 0 Å².